The minimum atomic E-state index is -0.236. The highest BCUT2D eigenvalue weighted by molar-refractivity contribution is 5.89. The first-order valence-corrected chi connectivity index (χ1v) is 9.58. The smallest absolute Gasteiger partial charge is 0.338 e. The van der Waals surface area contributed by atoms with Crippen LogP contribution in [0.4, 0.5) is 0 Å². The van der Waals surface area contributed by atoms with Crippen molar-refractivity contribution < 1.29 is 14.3 Å². The summed E-state index contributed by atoms with van der Waals surface area (Å²) >= 11 is 0. The van der Waals surface area contributed by atoms with Crippen LogP contribution < -0.4 is 0 Å². The largest absolute Gasteiger partial charge is 0.460 e. The van der Waals surface area contributed by atoms with E-state index in [4.69, 9.17) is 9.47 Å². The molecular weight excluding hydrogens is 300 g/mol. The molecular formula is C21H34O3. The predicted molar refractivity (Wildman–Crippen MR) is 99.7 cm³/mol. The first-order chi connectivity index (χ1) is 11.7. The minimum Gasteiger partial charge on any atom is -0.460 e. The third-order valence-electron chi connectivity index (χ3n) is 3.97. The molecule has 0 bridgehead atoms. The number of rotatable bonds is 13. The van der Waals surface area contributed by atoms with E-state index in [1.165, 1.54) is 30.4 Å². The maximum absolute atomic E-state index is 12.3. The van der Waals surface area contributed by atoms with Gasteiger partial charge in [0, 0.05) is 6.61 Å². The van der Waals surface area contributed by atoms with Gasteiger partial charge in [0.25, 0.3) is 0 Å². The molecule has 3 heteroatoms. The average Bonchev–Trinajstić information content (AvgIpc) is 2.57. The van der Waals surface area contributed by atoms with Crippen LogP contribution in [0.25, 0.3) is 0 Å². The molecule has 0 spiro atoms. The third-order valence-corrected chi connectivity index (χ3v) is 3.97. The summed E-state index contributed by atoms with van der Waals surface area (Å²) in [4.78, 5) is 12.3. The number of hydrogen-bond donors (Lipinski definition) is 0. The quantitative estimate of drug-likeness (QED) is 0.360. The summed E-state index contributed by atoms with van der Waals surface area (Å²) in [5, 5.41) is 0. The first kappa shape index (κ1) is 20.7. The fourth-order valence-corrected chi connectivity index (χ4v) is 2.76. The molecule has 1 aromatic carbocycles. The van der Waals surface area contributed by atoms with Crippen molar-refractivity contribution in [2.45, 2.75) is 72.1 Å². The molecule has 1 rings (SSSR count). The molecule has 0 unspecified atom stereocenters. The van der Waals surface area contributed by atoms with Crippen molar-refractivity contribution in [3.63, 3.8) is 0 Å². The van der Waals surface area contributed by atoms with E-state index in [1.54, 1.807) is 0 Å². The molecule has 0 heterocycles. The van der Waals surface area contributed by atoms with Gasteiger partial charge in [0.15, 0.2) is 0 Å². The van der Waals surface area contributed by atoms with Crippen LogP contribution in [-0.4, -0.2) is 25.8 Å². The van der Waals surface area contributed by atoms with Crippen LogP contribution in [0.15, 0.2) is 18.2 Å². The second kappa shape index (κ2) is 13.0. The molecule has 24 heavy (non-hydrogen) atoms. The van der Waals surface area contributed by atoms with Crippen LogP contribution in [0, 0.1) is 0 Å². The van der Waals surface area contributed by atoms with Crippen molar-refractivity contribution in [2.75, 3.05) is 19.8 Å². The summed E-state index contributed by atoms with van der Waals surface area (Å²) in [5.74, 6) is -0.236. The lowest BCUT2D eigenvalue weighted by Crippen LogP contribution is -2.12. The second-order valence-corrected chi connectivity index (χ2v) is 6.35. The molecule has 0 amide bonds. The van der Waals surface area contributed by atoms with E-state index in [0.717, 1.165) is 38.7 Å². The number of aryl methyl sites for hydroxylation is 2. The average molecular weight is 335 g/mol. The Balaban J connectivity index is 2.40. The number of ether oxygens (including phenoxy) is 2. The highest BCUT2D eigenvalue weighted by atomic mass is 16.6. The van der Waals surface area contributed by atoms with Crippen molar-refractivity contribution in [3.05, 3.63) is 34.9 Å². The summed E-state index contributed by atoms with van der Waals surface area (Å²) in [6.07, 6.45) is 8.94. The Hall–Kier alpha value is -1.35. The summed E-state index contributed by atoms with van der Waals surface area (Å²) in [5.41, 5.74) is 3.12. The molecule has 0 saturated heterocycles. The lowest BCUT2D eigenvalue weighted by atomic mass is 10.00. The zero-order valence-electron chi connectivity index (χ0n) is 15.7. The van der Waals surface area contributed by atoms with Gasteiger partial charge < -0.3 is 9.47 Å². The molecule has 0 radical (unpaired) electrons. The van der Waals surface area contributed by atoms with E-state index < -0.39 is 0 Å². The van der Waals surface area contributed by atoms with E-state index in [2.05, 4.69) is 26.8 Å². The third kappa shape index (κ3) is 8.49. The highest BCUT2D eigenvalue weighted by Gasteiger charge is 2.10. The highest BCUT2D eigenvalue weighted by Crippen LogP contribution is 2.15. The summed E-state index contributed by atoms with van der Waals surface area (Å²) in [6, 6.07) is 6.15. The minimum absolute atomic E-state index is 0.236. The van der Waals surface area contributed by atoms with Crippen molar-refractivity contribution >= 4 is 5.97 Å². The molecule has 0 N–H and O–H groups in total. The second-order valence-electron chi connectivity index (χ2n) is 6.35. The topological polar surface area (TPSA) is 35.5 Å². The number of esters is 1. The van der Waals surface area contributed by atoms with Gasteiger partial charge >= 0.3 is 5.97 Å². The maximum Gasteiger partial charge on any atom is 0.338 e. The van der Waals surface area contributed by atoms with E-state index >= 15 is 0 Å². The van der Waals surface area contributed by atoms with E-state index in [0.29, 0.717) is 18.8 Å². The Morgan fingerprint density at radius 2 is 1.46 bits per heavy atom. The van der Waals surface area contributed by atoms with Crippen molar-refractivity contribution in [1.29, 1.82) is 0 Å². The van der Waals surface area contributed by atoms with Crippen LogP contribution >= 0.6 is 0 Å². The van der Waals surface area contributed by atoms with Crippen LogP contribution in [0.2, 0.25) is 0 Å². The van der Waals surface area contributed by atoms with Crippen LogP contribution in [0.1, 0.15) is 80.8 Å². The van der Waals surface area contributed by atoms with Gasteiger partial charge in [-0.15, -0.1) is 0 Å². The van der Waals surface area contributed by atoms with Gasteiger partial charge in [0.1, 0.15) is 6.61 Å². The molecule has 136 valence electrons. The molecule has 3 nitrogen and oxygen atoms in total. The van der Waals surface area contributed by atoms with Crippen LogP contribution in [-0.2, 0) is 22.3 Å². The lowest BCUT2D eigenvalue weighted by molar-refractivity contribution is 0.0312. The molecule has 0 fully saturated rings. The Kier molecular flexibility index (Phi) is 11.2. The molecule has 0 saturated carbocycles. The SMILES string of the molecule is CCCCCCOCCOC(=O)c1cc(CCC)cc(CCC)c1. The van der Waals surface area contributed by atoms with Crippen molar-refractivity contribution in [1.82, 2.24) is 0 Å². The Morgan fingerprint density at radius 1 is 0.792 bits per heavy atom. The molecule has 1 aromatic rings. The molecule has 0 aliphatic heterocycles. The normalized spacial score (nSPS) is 10.8. The number of carbonyl (C=O) groups is 1. The Morgan fingerprint density at radius 3 is 2.04 bits per heavy atom. The number of unbranched alkanes of at least 4 members (excludes halogenated alkanes) is 3. The van der Waals surface area contributed by atoms with Crippen molar-refractivity contribution in [3.8, 4) is 0 Å². The fourth-order valence-electron chi connectivity index (χ4n) is 2.76. The lowest BCUT2D eigenvalue weighted by Gasteiger charge is -2.10. The van der Waals surface area contributed by atoms with E-state index in [-0.39, 0.29) is 5.97 Å². The van der Waals surface area contributed by atoms with Gasteiger partial charge in [-0.1, -0.05) is 58.9 Å². The zero-order valence-corrected chi connectivity index (χ0v) is 15.7. The van der Waals surface area contributed by atoms with Gasteiger partial charge in [0.2, 0.25) is 0 Å². The Labute approximate surface area is 147 Å². The predicted octanol–water partition coefficient (Wildman–Crippen LogP) is 5.35. The molecule has 0 aliphatic carbocycles. The standard InChI is InChI=1S/C21H34O3/c1-4-7-8-9-12-23-13-14-24-21(22)20-16-18(10-5-2)15-19(17-20)11-6-3/h15-17H,4-14H2,1-3H3. The zero-order chi connectivity index (χ0) is 17.6. The van der Waals surface area contributed by atoms with Gasteiger partial charge in [-0.3, -0.25) is 0 Å². The fraction of sp³-hybridized carbons (Fsp3) is 0.667. The van der Waals surface area contributed by atoms with Crippen LogP contribution in [0.3, 0.4) is 0 Å². The van der Waals surface area contributed by atoms with Crippen LogP contribution in [0.5, 0.6) is 0 Å². The maximum atomic E-state index is 12.3. The Bertz CT molecular complexity index is 444. The van der Waals surface area contributed by atoms with E-state index in [9.17, 15) is 4.79 Å². The van der Waals surface area contributed by atoms with Gasteiger partial charge in [-0.25, -0.2) is 4.79 Å². The summed E-state index contributed by atoms with van der Waals surface area (Å²) in [6.45, 7) is 8.07. The number of hydrogen-bond acceptors (Lipinski definition) is 3. The van der Waals surface area contributed by atoms with Gasteiger partial charge in [-0.05, 0) is 42.5 Å². The van der Waals surface area contributed by atoms with Crippen molar-refractivity contribution in [2.24, 2.45) is 0 Å². The monoisotopic (exact) mass is 334 g/mol. The number of carbonyl (C=O) groups excluding carboxylic acids is 1. The summed E-state index contributed by atoms with van der Waals surface area (Å²) in [7, 11) is 0. The first-order valence-electron chi connectivity index (χ1n) is 9.58. The van der Waals surface area contributed by atoms with Gasteiger partial charge in [-0.2, -0.15) is 0 Å². The van der Waals surface area contributed by atoms with E-state index in [1.807, 2.05) is 12.1 Å². The summed E-state index contributed by atoms with van der Waals surface area (Å²) < 4.78 is 10.9. The van der Waals surface area contributed by atoms with Gasteiger partial charge in [0.05, 0.1) is 12.2 Å². The molecule has 0 atom stereocenters. The molecule has 0 aromatic heterocycles. The number of benzene rings is 1. The molecule has 0 aliphatic rings.